The van der Waals surface area contributed by atoms with Gasteiger partial charge >= 0.3 is 22.8 Å². The van der Waals surface area contributed by atoms with Crippen molar-refractivity contribution in [3.8, 4) is 109 Å². The number of benzene rings is 9. The number of aliphatic imine (C=N–C) groups is 1. The molecule has 0 saturated carbocycles. The van der Waals surface area contributed by atoms with Gasteiger partial charge in [0, 0.05) is 162 Å². The Morgan fingerprint density at radius 1 is 0.346 bits per heavy atom. The lowest BCUT2D eigenvalue weighted by atomic mass is 10.0. The Labute approximate surface area is 749 Å². The van der Waals surface area contributed by atoms with Gasteiger partial charge in [0.25, 0.3) is 0 Å². The minimum atomic E-state index is -0.674. The van der Waals surface area contributed by atoms with Gasteiger partial charge in [0.05, 0.1) is 214 Å². The molecule has 9 aromatic carbocycles. The van der Waals surface area contributed by atoms with Crippen LogP contribution in [0.3, 0.4) is 0 Å². The molecule has 1 aliphatic rings. The molecule has 0 spiro atoms. The normalized spacial score (nSPS) is 11.6. The molecule has 0 radical (unpaired) electrons. The maximum Gasteiger partial charge on any atom is 0.333 e. The van der Waals surface area contributed by atoms with Gasteiger partial charge in [0.1, 0.15) is 46.3 Å². The van der Waals surface area contributed by atoms with Crippen molar-refractivity contribution in [2.75, 3.05) is 42.1 Å². The number of para-hydroxylation sites is 1. The molecular formula is C99H69F4N21O9. The number of rotatable bonds is 13. The van der Waals surface area contributed by atoms with Gasteiger partial charge in [-0.1, -0.05) is 24.3 Å². The fraction of sp³-hybridized carbons (Fsp3) is 0.111. The molecule has 0 unspecified atom stereocenters. The number of fused-ring (bicyclic) bond motifs is 13. The highest BCUT2D eigenvalue weighted by molar-refractivity contribution is 6.16. The molecule has 652 valence electrons. The first-order chi connectivity index (χ1) is 64.4. The van der Waals surface area contributed by atoms with E-state index in [0.717, 1.165) is 79.7 Å². The summed E-state index contributed by atoms with van der Waals surface area (Å²) < 4.78 is 100. The molecular weight excluding hydrogens is 1700 g/mol. The first-order valence-electron chi connectivity index (χ1n) is 40.6. The smallest absolute Gasteiger partial charge is 0.333 e. The lowest BCUT2D eigenvalue weighted by molar-refractivity contribution is 0.398. The number of hydrogen-bond donors (Lipinski definition) is 0. The molecule has 0 atom stereocenters. The number of aromatic nitrogens is 16. The fourth-order valence-corrected chi connectivity index (χ4v) is 16.6. The second kappa shape index (κ2) is 34.4. The van der Waals surface area contributed by atoms with Crippen molar-refractivity contribution in [2.24, 2.45) is 40.2 Å². The van der Waals surface area contributed by atoms with Crippen LogP contribution in [0.2, 0.25) is 0 Å². The third-order valence-corrected chi connectivity index (χ3v) is 23.2. The summed E-state index contributed by atoms with van der Waals surface area (Å²) in [5, 5.41) is 44.2. The molecule has 1 aliphatic heterocycles. The Morgan fingerprint density at radius 3 is 1.02 bits per heavy atom. The first kappa shape index (κ1) is 85.4. The quantitative estimate of drug-likeness (QED) is 0.0967. The summed E-state index contributed by atoms with van der Waals surface area (Å²) in [7, 11) is 16.1. The van der Waals surface area contributed by atoms with E-state index in [1.807, 2.05) is 104 Å². The van der Waals surface area contributed by atoms with Gasteiger partial charge < -0.3 is 23.7 Å². The van der Waals surface area contributed by atoms with E-state index in [0.29, 0.717) is 123 Å². The first-order valence-corrected chi connectivity index (χ1v) is 40.6. The van der Waals surface area contributed by atoms with Gasteiger partial charge in [0.15, 0.2) is 0 Å². The summed E-state index contributed by atoms with van der Waals surface area (Å²) in [5.74, 6) is 0.220. The van der Waals surface area contributed by atoms with Crippen LogP contribution in [0, 0.1) is 68.6 Å². The third-order valence-electron chi connectivity index (χ3n) is 23.2. The molecule has 0 bridgehead atoms. The predicted octanol–water partition coefficient (Wildman–Crippen LogP) is 15.7. The maximum atomic E-state index is 15.1. The van der Waals surface area contributed by atoms with Gasteiger partial charge in [-0.05, 0) is 115 Å². The van der Waals surface area contributed by atoms with Gasteiger partial charge in [-0.3, -0.25) is 71.1 Å². The monoisotopic (exact) mass is 1770 g/mol. The highest BCUT2D eigenvalue weighted by Gasteiger charge is 2.28. The lowest BCUT2D eigenvalue weighted by Gasteiger charge is -2.13. The van der Waals surface area contributed by atoms with E-state index < -0.39 is 46.0 Å². The van der Waals surface area contributed by atoms with Crippen molar-refractivity contribution in [1.82, 2.24) is 76.2 Å². The zero-order chi connectivity index (χ0) is 93.2. The number of pyridine rings is 6. The van der Waals surface area contributed by atoms with E-state index in [1.54, 1.807) is 141 Å². The number of hydrogen-bond acceptors (Lipinski definition) is 21. The van der Waals surface area contributed by atoms with Gasteiger partial charge in [-0.2, -0.15) is 26.1 Å². The van der Waals surface area contributed by atoms with Gasteiger partial charge in [0.2, 0.25) is 5.88 Å². The average Bonchev–Trinajstić information content (AvgIpc) is 1.60. The Kier molecular flexibility index (Phi) is 22.1. The van der Waals surface area contributed by atoms with Crippen LogP contribution in [0.1, 0.15) is 27.8 Å². The summed E-state index contributed by atoms with van der Waals surface area (Å²) in [6, 6.07) is 51.9. The van der Waals surface area contributed by atoms with Crippen molar-refractivity contribution in [2.45, 2.75) is 0 Å². The zero-order valence-electron chi connectivity index (χ0n) is 72.1. The van der Waals surface area contributed by atoms with E-state index in [2.05, 4.69) is 40.0 Å². The predicted molar refractivity (Wildman–Crippen MR) is 494 cm³/mol. The van der Waals surface area contributed by atoms with E-state index in [-0.39, 0.29) is 45.0 Å². The topological polar surface area (TPSA) is 357 Å². The summed E-state index contributed by atoms with van der Waals surface area (Å²) in [6.07, 6.45) is 17.1. The minimum Gasteiger partial charge on any atom is -0.496 e. The van der Waals surface area contributed by atoms with Crippen molar-refractivity contribution in [3.63, 3.8) is 0 Å². The summed E-state index contributed by atoms with van der Waals surface area (Å²) in [5.41, 5.74) is 13.1. The van der Waals surface area contributed by atoms with E-state index in [1.165, 1.54) is 92.2 Å². The largest absolute Gasteiger partial charge is 0.496 e. The van der Waals surface area contributed by atoms with Crippen LogP contribution in [0.15, 0.2) is 244 Å². The molecule has 20 aromatic rings. The van der Waals surface area contributed by atoms with Gasteiger partial charge in [-0.15, -0.1) is 0 Å². The molecule has 0 amide bonds. The van der Waals surface area contributed by atoms with Crippen molar-refractivity contribution >= 4 is 110 Å². The van der Waals surface area contributed by atoms with E-state index in [4.69, 9.17) is 44.7 Å². The zero-order valence-corrected chi connectivity index (χ0v) is 72.1. The van der Waals surface area contributed by atoms with Crippen LogP contribution in [-0.2, 0) is 35.2 Å². The SMILES string of the molecule is COc1cc2ncc3c(c2cc1-c1cnc2ccccc2c1)n(-c1ccc(C#N)cc1F)c(=O)n3C.COc1cc2ncc3c(c2cc1-c1cnn(C)c1)n(-c1ccc(C#N)cc1F)c(=O)n3C.COc1cc2ncc3c(c2cc1C1=CCN=C1)n(-c1ccc(C#N)cc1F)c(=O)n3C.COc1ccc(-c2cc3c(cc2OC)ncc2c3n(-c3ccc(C#N)cc3F)c(=O)n2C)cn1. The number of halogens is 4. The van der Waals surface area contributed by atoms with Crippen LogP contribution < -0.4 is 46.4 Å². The number of imidazole rings is 4. The van der Waals surface area contributed by atoms with E-state index >= 15 is 4.39 Å². The Bertz CT molecular complexity index is 8850. The number of ether oxygens (including phenoxy) is 5. The summed E-state index contributed by atoms with van der Waals surface area (Å²) >= 11 is 0. The Morgan fingerprint density at radius 2 is 0.692 bits per heavy atom. The number of nitrogens with zero attached hydrogens (tertiary/aromatic N) is 21. The molecule has 11 aromatic heterocycles. The van der Waals surface area contributed by atoms with Crippen molar-refractivity contribution < 1.29 is 41.2 Å². The van der Waals surface area contributed by atoms with Gasteiger partial charge in [-0.25, -0.2) is 41.7 Å². The third kappa shape index (κ3) is 14.7. The molecule has 0 saturated heterocycles. The van der Waals surface area contributed by atoms with Crippen molar-refractivity contribution in [3.05, 3.63) is 312 Å². The minimum absolute atomic E-state index is 0.0468. The van der Waals surface area contributed by atoms with E-state index in [9.17, 15) is 32.3 Å². The second-order valence-electron chi connectivity index (χ2n) is 30.6. The molecule has 0 aliphatic carbocycles. The summed E-state index contributed by atoms with van der Waals surface area (Å²) in [4.78, 5) is 83.9. The average molecular weight is 1770 g/mol. The highest BCUT2D eigenvalue weighted by atomic mass is 19.1. The van der Waals surface area contributed by atoms with Crippen LogP contribution >= 0.6 is 0 Å². The molecule has 21 rings (SSSR count). The Hall–Kier alpha value is -18.4. The van der Waals surface area contributed by atoms with Crippen LogP contribution in [-0.4, -0.2) is 125 Å². The molecule has 0 fully saturated rings. The number of nitriles is 4. The van der Waals surface area contributed by atoms with Crippen LogP contribution in [0.5, 0.6) is 28.9 Å². The number of methoxy groups -OCH3 is 5. The molecule has 0 N–H and O–H groups in total. The lowest BCUT2D eigenvalue weighted by Crippen LogP contribution is -2.21. The molecule has 30 nitrogen and oxygen atoms in total. The number of aryl methyl sites for hydroxylation is 5. The molecule has 12 heterocycles. The van der Waals surface area contributed by atoms with Crippen molar-refractivity contribution in [1.29, 1.82) is 21.0 Å². The fourth-order valence-electron chi connectivity index (χ4n) is 16.6. The maximum absolute atomic E-state index is 15.1. The number of allylic oxidation sites excluding steroid dienone is 1. The van der Waals surface area contributed by atoms with Crippen LogP contribution in [0.25, 0.3) is 160 Å². The molecule has 34 heteroatoms. The standard InChI is InChI=1S/C28H18FN5O2.C25H18FN5O3.C23H17FN6O2.C23H16FN5O2/c1-33-25-15-32-23-12-26(36-2)19(18-10-17-5-3-4-6-22(17)31-14-18)11-20(23)27(25)34(28(33)35)24-8-7-16(13-30)9-21(24)29;1-30-21-13-28-19-10-22(33-2)16(15-5-7-23(34-3)29-12-15)9-17(19)24(21)31(25(30)32)20-6-4-14(11-27)8-18(20)26;1-28-12-14(10-27-28)15-7-16-18(8-21(15)32-3)26-11-20-22(16)30(23(31)29(20)2)19-5-4-13(9-25)6-17(19)24;1-28-20-12-27-18-9-21(31-2)15(14-5-6-26-11-14)8-16(18)22(20)29(23(28)30)19-4-3-13(10-25)7-17(19)24/h3-12,14-15H,1-2H3;4-10,12-13H,1-3H3;4-8,10-12H,1-3H3;3-5,7-9,11-12H,6H2,1-2H3. The molecule has 133 heavy (non-hydrogen) atoms. The second-order valence-corrected chi connectivity index (χ2v) is 30.6. The van der Waals surface area contributed by atoms with Crippen LogP contribution in [0.4, 0.5) is 17.6 Å². The Balaban J connectivity index is 0.000000119. The summed E-state index contributed by atoms with van der Waals surface area (Å²) in [6.45, 7) is 0.589. The highest BCUT2D eigenvalue weighted by Crippen LogP contribution is 2.43.